The monoisotopic (exact) mass is 866 g/mol. The van der Waals surface area contributed by atoms with Gasteiger partial charge in [0, 0.05) is 63.3 Å². The molecule has 0 spiro atoms. The van der Waals surface area contributed by atoms with E-state index in [1.165, 1.54) is 5.56 Å². The SMILES string of the molecule is CN1C(=O)[C@@H](/C=C/CC(=O)c2cc3n(n2)CCC3c2ccccc2-c2ccc3c(c2)N(C)C(=O)[C@@H](/C=C/CCC(=O)c2cc4n(n2)CC[C@@H]4c2ccccc2)CO3)COc2ccccc21. The Labute approximate surface area is 377 Å². The van der Waals surface area contributed by atoms with E-state index in [9.17, 15) is 19.2 Å². The van der Waals surface area contributed by atoms with Crippen molar-refractivity contribution in [3.8, 4) is 22.6 Å². The van der Waals surface area contributed by atoms with Crippen molar-refractivity contribution in [3.05, 3.63) is 167 Å². The molecule has 0 radical (unpaired) electrons. The zero-order valence-corrected chi connectivity index (χ0v) is 36.5. The van der Waals surface area contributed by atoms with Crippen LogP contribution < -0.4 is 19.3 Å². The summed E-state index contributed by atoms with van der Waals surface area (Å²) in [5.74, 6) is 0.193. The molecule has 2 amide bonds. The fraction of sp³-hybridized carbons (Fsp3) is 0.283. The molecule has 1 unspecified atom stereocenters. The van der Waals surface area contributed by atoms with Crippen molar-refractivity contribution in [1.82, 2.24) is 19.6 Å². The first-order valence-electron chi connectivity index (χ1n) is 22.4. The second-order valence-corrected chi connectivity index (χ2v) is 17.3. The zero-order valence-electron chi connectivity index (χ0n) is 36.5. The summed E-state index contributed by atoms with van der Waals surface area (Å²) in [6, 6.07) is 35.9. The van der Waals surface area contributed by atoms with Crippen molar-refractivity contribution in [2.45, 2.75) is 57.0 Å². The molecule has 0 saturated heterocycles. The Kier molecular flexibility index (Phi) is 11.3. The van der Waals surface area contributed by atoms with Crippen molar-refractivity contribution in [2.24, 2.45) is 11.8 Å². The topological polar surface area (TPSA) is 129 Å². The van der Waals surface area contributed by atoms with Gasteiger partial charge in [-0.2, -0.15) is 10.2 Å². The Balaban J connectivity index is 0.780. The number of ether oxygens (including phenoxy) is 2. The number of fused-ring (bicyclic) bond motifs is 4. The Hall–Kier alpha value is -7.34. The summed E-state index contributed by atoms with van der Waals surface area (Å²) in [4.78, 5) is 57.0. The van der Waals surface area contributed by atoms with Gasteiger partial charge in [-0.1, -0.05) is 97.1 Å². The number of hydrogen-bond acceptors (Lipinski definition) is 8. The van der Waals surface area contributed by atoms with E-state index in [0.717, 1.165) is 53.2 Å². The van der Waals surface area contributed by atoms with Crippen LogP contribution in [-0.2, 0) is 22.7 Å². The predicted molar refractivity (Wildman–Crippen MR) is 248 cm³/mol. The Morgan fingerprint density at radius 3 is 2.00 bits per heavy atom. The van der Waals surface area contributed by atoms with Gasteiger partial charge >= 0.3 is 0 Å². The number of rotatable bonds is 12. The second kappa shape index (κ2) is 17.7. The normalized spacial score (nSPS) is 20.2. The van der Waals surface area contributed by atoms with Crippen molar-refractivity contribution in [3.63, 3.8) is 0 Å². The molecule has 6 heterocycles. The molecule has 12 nitrogen and oxygen atoms in total. The lowest BCUT2D eigenvalue weighted by Crippen LogP contribution is -2.32. The second-order valence-electron chi connectivity index (χ2n) is 17.3. The smallest absolute Gasteiger partial charge is 0.237 e. The number of benzene rings is 4. The highest BCUT2D eigenvalue weighted by atomic mass is 16.5. The minimum Gasteiger partial charge on any atom is -0.490 e. The maximum atomic E-state index is 13.9. The van der Waals surface area contributed by atoms with Crippen LogP contribution in [0.4, 0.5) is 11.4 Å². The number of allylic oxidation sites excluding steroid dienone is 2. The summed E-state index contributed by atoms with van der Waals surface area (Å²) in [5.41, 5.74) is 8.68. The maximum Gasteiger partial charge on any atom is 0.237 e. The maximum absolute atomic E-state index is 13.9. The first kappa shape index (κ1) is 41.7. The van der Waals surface area contributed by atoms with E-state index in [1.807, 2.05) is 106 Å². The van der Waals surface area contributed by atoms with E-state index in [1.54, 1.807) is 36.0 Å². The average molecular weight is 867 g/mol. The van der Waals surface area contributed by atoms with Gasteiger partial charge in [-0.25, -0.2) is 0 Å². The molecule has 4 aliphatic heterocycles. The Morgan fingerprint density at radius 2 is 1.25 bits per heavy atom. The van der Waals surface area contributed by atoms with Crippen LogP contribution in [0.3, 0.4) is 0 Å². The molecule has 0 fully saturated rings. The van der Waals surface area contributed by atoms with Gasteiger partial charge in [0.25, 0.3) is 0 Å². The highest BCUT2D eigenvalue weighted by Gasteiger charge is 2.33. The van der Waals surface area contributed by atoms with Crippen LogP contribution in [0.2, 0.25) is 0 Å². The largest absolute Gasteiger partial charge is 0.490 e. The van der Waals surface area contributed by atoms with E-state index >= 15 is 0 Å². The molecular formula is C53H50N6O6. The lowest BCUT2D eigenvalue weighted by Gasteiger charge is -2.20. The molecule has 0 N–H and O–H groups in total. The van der Waals surface area contributed by atoms with Gasteiger partial charge in [-0.3, -0.25) is 28.5 Å². The molecule has 4 aromatic carbocycles. The van der Waals surface area contributed by atoms with Crippen LogP contribution in [0.1, 0.15) is 87.4 Å². The quantitative estimate of drug-likeness (QED) is 0.0882. The number of hydrogen-bond donors (Lipinski definition) is 0. The molecule has 12 heteroatoms. The molecule has 6 aromatic rings. The number of para-hydroxylation sites is 2. The number of nitrogens with zero attached hydrogens (tertiary/aromatic N) is 6. The average Bonchev–Trinajstić information content (AvgIpc) is 4.12. The number of aromatic nitrogens is 4. The van der Waals surface area contributed by atoms with E-state index in [0.29, 0.717) is 48.0 Å². The van der Waals surface area contributed by atoms with Crippen molar-refractivity contribution >= 4 is 34.8 Å². The van der Waals surface area contributed by atoms with E-state index in [2.05, 4.69) is 29.4 Å². The highest BCUT2D eigenvalue weighted by Crippen LogP contribution is 2.43. The van der Waals surface area contributed by atoms with Crippen LogP contribution in [-0.4, -0.2) is 70.3 Å². The zero-order chi connectivity index (χ0) is 44.6. The van der Waals surface area contributed by atoms with E-state index < -0.39 is 11.8 Å². The molecule has 65 heavy (non-hydrogen) atoms. The van der Waals surface area contributed by atoms with E-state index in [4.69, 9.17) is 14.6 Å². The molecule has 4 atom stereocenters. The molecule has 2 aromatic heterocycles. The first-order chi connectivity index (χ1) is 31.7. The highest BCUT2D eigenvalue weighted by molar-refractivity contribution is 6.00. The third kappa shape index (κ3) is 8.09. The van der Waals surface area contributed by atoms with Gasteiger partial charge in [0.05, 0.1) is 23.2 Å². The molecule has 10 rings (SSSR count). The fourth-order valence-electron chi connectivity index (χ4n) is 9.74. The molecule has 328 valence electrons. The Bertz CT molecular complexity index is 2880. The third-order valence-electron chi connectivity index (χ3n) is 13.3. The molecule has 0 aliphatic carbocycles. The molecule has 0 saturated carbocycles. The van der Waals surface area contributed by atoms with Crippen LogP contribution in [0.5, 0.6) is 11.5 Å². The van der Waals surface area contributed by atoms with Crippen molar-refractivity contribution < 1.29 is 28.7 Å². The van der Waals surface area contributed by atoms with Gasteiger partial charge in [-0.05, 0) is 77.9 Å². The summed E-state index contributed by atoms with van der Waals surface area (Å²) >= 11 is 0. The summed E-state index contributed by atoms with van der Waals surface area (Å²) in [7, 11) is 3.51. The third-order valence-corrected chi connectivity index (χ3v) is 13.3. The molecule has 4 aliphatic rings. The van der Waals surface area contributed by atoms with Crippen LogP contribution in [0, 0.1) is 11.8 Å². The van der Waals surface area contributed by atoms with Gasteiger partial charge in [0.15, 0.2) is 11.6 Å². The lowest BCUT2D eigenvalue weighted by molar-refractivity contribution is -0.121. The number of ketones is 2. The summed E-state index contributed by atoms with van der Waals surface area (Å²) in [6.07, 6.45) is 9.98. The van der Waals surface area contributed by atoms with Crippen molar-refractivity contribution in [2.75, 3.05) is 37.1 Å². The minimum absolute atomic E-state index is 0.00489. The number of carbonyl (C=O) groups is 4. The number of amides is 2. The molecule has 0 bridgehead atoms. The molecular weight excluding hydrogens is 817 g/mol. The Morgan fingerprint density at radius 1 is 0.646 bits per heavy atom. The van der Waals surface area contributed by atoms with Crippen LogP contribution in [0.25, 0.3) is 11.1 Å². The summed E-state index contributed by atoms with van der Waals surface area (Å²) in [6.45, 7) is 1.86. The standard InChI is InChI=1S/C53H50N6O6/c1-56-44-19-9-11-22-50(44)64-33-37(52(56)62)16-12-21-49(61)43-31-46-41(26-28-59(46)55-43)40-18-8-7-17-38(40)35-23-24-51-47(29-35)57(2)53(63)36(32-65-51)15-6-10-20-48(60)42-30-45-39(25-27-58(45)54-42)34-13-4-3-5-14-34/h3-9,11-19,22-24,29-31,36-37,39,41H,10,20-21,25-28,32-33H2,1-2H3/b15-6+,16-12+/t36-,37-,39+,41?/m0/s1. The fourth-order valence-corrected chi connectivity index (χ4v) is 9.74. The van der Waals surface area contributed by atoms with E-state index in [-0.39, 0.29) is 54.9 Å². The summed E-state index contributed by atoms with van der Waals surface area (Å²) < 4.78 is 16.1. The number of aryl methyl sites for hydroxylation is 2. The van der Waals surface area contributed by atoms with Gasteiger partial charge < -0.3 is 19.3 Å². The van der Waals surface area contributed by atoms with Gasteiger partial charge in [-0.15, -0.1) is 0 Å². The number of anilines is 2. The van der Waals surface area contributed by atoms with Crippen LogP contribution in [0.15, 0.2) is 133 Å². The predicted octanol–water partition coefficient (Wildman–Crippen LogP) is 8.81. The minimum atomic E-state index is -0.514. The lowest BCUT2D eigenvalue weighted by atomic mass is 9.87. The van der Waals surface area contributed by atoms with Gasteiger partial charge in [0.2, 0.25) is 11.8 Å². The first-order valence-corrected chi connectivity index (χ1v) is 22.4. The van der Waals surface area contributed by atoms with Crippen LogP contribution >= 0.6 is 0 Å². The van der Waals surface area contributed by atoms with Gasteiger partial charge in [0.1, 0.15) is 36.1 Å². The van der Waals surface area contributed by atoms with Crippen molar-refractivity contribution in [1.29, 1.82) is 0 Å². The number of Topliss-reactive ketones (excluding diaryl/α,β-unsaturated/α-hetero) is 2. The number of carbonyl (C=O) groups excluding carboxylic acids is 4. The summed E-state index contributed by atoms with van der Waals surface area (Å²) in [5, 5.41) is 9.34.